The maximum atomic E-state index is 13.5. The van der Waals surface area contributed by atoms with E-state index >= 15 is 0 Å². The summed E-state index contributed by atoms with van der Waals surface area (Å²) in [4.78, 5) is 29.8. The molecule has 8 heteroatoms. The number of benzene rings is 1. The molecule has 1 atom stereocenters. The van der Waals surface area contributed by atoms with Gasteiger partial charge in [-0.3, -0.25) is 24.1 Å². The topological polar surface area (TPSA) is 79.7 Å². The Hall–Kier alpha value is -2.71. The zero-order valence-corrected chi connectivity index (χ0v) is 14.8. The Balaban J connectivity index is 1.80. The molecule has 1 N–H and O–H groups in total. The quantitative estimate of drug-likeness (QED) is 0.880. The molecular weight excluding hydrogens is 334 g/mol. The van der Waals surface area contributed by atoms with Crippen molar-refractivity contribution in [2.24, 2.45) is 7.05 Å². The Morgan fingerprint density at radius 2 is 1.96 bits per heavy atom. The van der Waals surface area contributed by atoms with Crippen molar-refractivity contribution < 1.29 is 14.3 Å². The molecule has 0 saturated carbocycles. The lowest BCUT2D eigenvalue weighted by Gasteiger charge is -2.34. The number of hydrogen-bond donors (Lipinski definition) is 1. The van der Waals surface area contributed by atoms with E-state index in [-0.39, 0.29) is 17.9 Å². The summed E-state index contributed by atoms with van der Waals surface area (Å²) >= 11 is 0. The molecule has 2 amide bonds. The standard InChI is InChI=1S/C18H21N5O3/c1-12(22-7-9-26-10-8-22)18(25)23-14-6-4-3-5-13(14)20-17(24)16-15(23)11-19-21(16)2/h3-6,11-12H,7-10H2,1-2H3,(H,20,24). The average molecular weight is 355 g/mol. The maximum Gasteiger partial charge on any atom is 0.276 e. The predicted octanol–water partition coefficient (Wildman–Crippen LogP) is 1.37. The second-order valence-electron chi connectivity index (χ2n) is 6.47. The fourth-order valence-electron chi connectivity index (χ4n) is 3.48. The number of carbonyl (C=O) groups excluding carboxylic acids is 2. The van der Waals surface area contributed by atoms with E-state index in [1.54, 1.807) is 24.2 Å². The first kappa shape index (κ1) is 16.7. The average Bonchev–Trinajstić information content (AvgIpc) is 2.98. The van der Waals surface area contributed by atoms with Crippen LogP contribution in [0.3, 0.4) is 0 Å². The number of nitrogens with zero attached hydrogens (tertiary/aromatic N) is 4. The van der Waals surface area contributed by atoms with Gasteiger partial charge in [-0.15, -0.1) is 0 Å². The Bertz CT molecular complexity index is 856. The minimum Gasteiger partial charge on any atom is -0.379 e. The summed E-state index contributed by atoms with van der Waals surface area (Å²) < 4.78 is 6.89. The number of nitrogens with one attached hydrogen (secondary N) is 1. The second-order valence-corrected chi connectivity index (χ2v) is 6.47. The van der Waals surface area contributed by atoms with E-state index in [0.29, 0.717) is 49.1 Å². The largest absolute Gasteiger partial charge is 0.379 e. The number of amides is 2. The zero-order valence-electron chi connectivity index (χ0n) is 14.8. The summed E-state index contributed by atoms with van der Waals surface area (Å²) in [6, 6.07) is 6.98. The van der Waals surface area contributed by atoms with Crippen molar-refractivity contribution in [3.63, 3.8) is 0 Å². The summed E-state index contributed by atoms with van der Waals surface area (Å²) in [6.07, 6.45) is 1.57. The van der Waals surface area contributed by atoms with E-state index in [0.717, 1.165) is 0 Å². The zero-order chi connectivity index (χ0) is 18.3. The third-order valence-corrected chi connectivity index (χ3v) is 4.94. The molecule has 8 nitrogen and oxygen atoms in total. The lowest BCUT2D eigenvalue weighted by molar-refractivity contribution is -0.124. The summed E-state index contributed by atoms with van der Waals surface area (Å²) in [5.41, 5.74) is 2.12. The Morgan fingerprint density at radius 1 is 1.23 bits per heavy atom. The fraction of sp³-hybridized carbons (Fsp3) is 0.389. The van der Waals surface area contributed by atoms with Crippen LogP contribution in [0.5, 0.6) is 0 Å². The molecule has 0 spiro atoms. The molecule has 2 aromatic rings. The Labute approximate surface area is 151 Å². The van der Waals surface area contributed by atoms with Crippen molar-refractivity contribution >= 4 is 28.9 Å². The van der Waals surface area contributed by atoms with Crippen LogP contribution in [-0.2, 0) is 16.6 Å². The fourth-order valence-corrected chi connectivity index (χ4v) is 3.48. The number of aryl methyl sites for hydroxylation is 1. The molecule has 2 aliphatic rings. The summed E-state index contributed by atoms with van der Waals surface area (Å²) in [5, 5.41) is 7.08. The Morgan fingerprint density at radius 3 is 2.73 bits per heavy atom. The van der Waals surface area contributed by atoms with Gasteiger partial charge in [-0.05, 0) is 19.1 Å². The smallest absolute Gasteiger partial charge is 0.276 e. The molecular formula is C18H21N5O3. The highest BCUT2D eigenvalue weighted by Gasteiger charge is 2.36. The number of aromatic nitrogens is 2. The molecule has 26 heavy (non-hydrogen) atoms. The highest BCUT2D eigenvalue weighted by molar-refractivity contribution is 6.17. The predicted molar refractivity (Wildman–Crippen MR) is 96.6 cm³/mol. The molecule has 136 valence electrons. The van der Waals surface area contributed by atoms with E-state index < -0.39 is 0 Å². The van der Waals surface area contributed by atoms with Gasteiger partial charge in [-0.2, -0.15) is 5.10 Å². The third-order valence-electron chi connectivity index (χ3n) is 4.94. The number of ether oxygens (including phenoxy) is 1. The van der Waals surface area contributed by atoms with E-state index in [9.17, 15) is 9.59 Å². The van der Waals surface area contributed by atoms with Gasteiger partial charge in [-0.25, -0.2) is 0 Å². The molecule has 1 unspecified atom stereocenters. The molecule has 1 fully saturated rings. The van der Waals surface area contributed by atoms with E-state index in [1.165, 1.54) is 4.68 Å². The Kier molecular flexibility index (Phi) is 4.21. The van der Waals surface area contributed by atoms with Crippen molar-refractivity contribution in [3.8, 4) is 0 Å². The first-order valence-corrected chi connectivity index (χ1v) is 8.66. The molecule has 1 aromatic carbocycles. The van der Waals surface area contributed by atoms with Crippen molar-refractivity contribution in [3.05, 3.63) is 36.2 Å². The normalized spacial score (nSPS) is 18.5. The highest BCUT2D eigenvalue weighted by atomic mass is 16.5. The minimum absolute atomic E-state index is 0.0925. The lowest BCUT2D eigenvalue weighted by Crippen LogP contribution is -2.50. The van der Waals surface area contributed by atoms with Gasteiger partial charge in [-0.1, -0.05) is 12.1 Å². The van der Waals surface area contributed by atoms with E-state index in [4.69, 9.17) is 4.74 Å². The van der Waals surface area contributed by atoms with Crippen molar-refractivity contribution in [2.45, 2.75) is 13.0 Å². The second kappa shape index (κ2) is 6.54. The number of fused-ring (bicyclic) bond motifs is 2. The first-order valence-electron chi connectivity index (χ1n) is 8.66. The molecule has 0 radical (unpaired) electrons. The van der Waals surface area contributed by atoms with Crippen LogP contribution in [0.4, 0.5) is 17.1 Å². The molecule has 1 aromatic heterocycles. The van der Waals surface area contributed by atoms with E-state index in [2.05, 4.69) is 15.3 Å². The molecule has 2 aliphatic heterocycles. The van der Waals surface area contributed by atoms with Crippen molar-refractivity contribution in [1.82, 2.24) is 14.7 Å². The van der Waals surface area contributed by atoms with Gasteiger partial charge in [0.1, 0.15) is 11.4 Å². The minimum atomic E-state index is -0.340. The molecule has 3 heterocycles. The number of hydrogen-bond acceptors (Lipinski definition) is 5. The highest BCUT2D eigenvalue weighted by Crippen LogP contribution is 2.38. The van der Waals surface area contributed by atoms with Gasteiger partial charge in [0.25, 0.3) is 5.91 Å². The summed E-state index contributed by atoms with van der Waals surface area (Å²) in [6.45, 7) is 4.55. The van der Waals surface area contributed by atoms with Crippen LogP contribution in [0.2, 0.25) is 0 Å². The van der Waals surface area contributed by atoms with Crippen LogP contribution in [0.25, 0.3) is 0 Å². The van der Waals surface area contributed by atoms with Crippen LogP contribution in [0.1, 0.15) is 17.4 Å². The number of morpholine rings is 1. The maximum absolute atomic E-state index is 13.5. The molecule has 4 rings (SSSR count). The van der Waals surface area contributed by atoms with E-state index in [1.807, 2.05) is 25.1 Å². The number of anilines is 3. The van der Waals surface area contributed by atoms with Crippen LogP contribution in [0.15, 0.2) is 30.5 Å². The van der Waals surface area contributed by atoms with Crippen molar-refractivity contribution in [2.75, 3.05) is 36.5 Å². The SMILES string of the molecule is CC(C(=O)N1c2ccccc2NC(=O)c2c1cnn2C)N1CCOCC1. The number of carbonyl (C=O) groups is 2. The lowest BCUT2D eigenvalue weighted by atomic mass is 10.1. The van der Waals surface area contributed by atoms with Crippen LogP contribution >= 0.6 is 0 Å². The molecule has 0 aliphatic carbocycles. The number of rotatable bonds is 2. The van der Waals surface area contributed by atoms with Gasteiger partial charge in [0.15, 0.2) is 0 Å². The van der Waals surface area contributed by atoms with Crippen molar-refractivity contribution in [1.29, 1.82) is 0 Å². The van der Waals surface area contributed by atoms with Gasteiger partial charge in [0.05, 0.1) is 36.8 Å². The number of para-hydroxylation sites is 2. The first-order chi connectivity index (χ1) is 12.6. The van der Waals surface area contributed by atoms with Gasteiger partial charge in [0.2, 0.25) is 5.91 Å². The van der Waals surface area contributed by atoms with Gasteiger partial charge < -0.3 is 10.1 Å². The van der Waals surface area contributed by atoms with Crippen LogP contribution < -0.4 is 10.2 Å². The molecule has 0 bridgehead atoms. The van der Waals surface area contributed by atoms with Gasteiger partial charge >= 0.3 is 0 Å². The van der Waals surface area contributed by atoms with Crippen LogP contribution in [0, 0.1) is 0 Å². The van der Waals surface area contributed by atoms with Gasteiger partial charge in [0, 0.05) is 20.1 Å². The molecule has 1 saturated heterocycles. The monoisotopic (exact) mass is 355 g/mol. The summed E-state index contributed by atoms with van der Waals surface area (Å²) in [7, 11) is 1.70. The van der Waals surface area contributed by atoms with Crippen LogP contribution in [-0.4, -0.2) is 58.8 Å². The summed E-state index contributed by atoms with van der Waals surface area (Å²) in [5.74, 6) is -0.369. The third kappa shape index (κ3) is 2.67.